The molecular weight excluding hydrogens is 300 g/mol. The van der Waals surface area contributed by atoms with Gasteiger partial charge in [-0.15, -0.1) is 0 Å². The summed E-state index contributed by atoms with van der Waals surface area (Å²) < 4.78 is 0. The topological polar surface area (TPSA) is 56.3 Å². The number of hydrogen-bond acceptors (Lipinski definition) is 3. The summed E-state index contributed by atoms with van der Waals surface area (Å²) in [5.41, 5.74) is 2.94. The average molecular weight is 320 g/mol. The highest BCUT2D eigenvalue weighted by Crippen LogP contribution is 2.32. The molecule has 1 saturated heterocycles. The number of pyridine rings is 1. The van der Waals surface area contributed by atoms with Crippen LogP contribution in [0, 0.1) is 0 Å². The number of likely N-dealkylation sites (tertiary alicyclic amines) is 1. The minimum absolute atomic E-state index is 0.134. The number of fused-ring (bicyclic) bond motifs is 1. The van der Waals surface area contributed by atoms with Crippen LogP contribution in [0.25, 0.3) is 21.9 Å². The van der Waals surface area contributed by atoms with Gasteiger partial charge in [0.1, 0.15) is 5.75 Å². The van der Waals surface area contributed by atoms with Crippen LogP contribution in [0.2, 0.25) is 0 Å². The van der Waals surface area contributed by atoms with Gasteiger partial charge in [0, 0.05) is 23.7 Å². The van der Waals surface area contributed by atoms with Gasteiger partial charge in [0.25, 0.3) is 5.56 Å². The van der Waals surface area contributed by atoms with Crippen molar-refractivity contribution in [3.63, 3.8) is 0 Å². The predicted octanol–water partition coefficient (Wildman–Crippen LogP) is 3.50. The molecule has 1 fully saturated rings. The van der Waals surface area contributed by atoms with E-state index in [1.807, 2.05) is 0 Å². The van der Waals surface area contributed by atoms with Crippen LogP contribution in [0.4, 0.5) is 0 Å². The molecule has 0 saturated carbocycles. The van der Waals surface area contributed by atoms with E-state index in [1.165, 1.54) is 31.5 Å². The number of aromatic hydroxyl groups is 1. The van der Waals surface area contributed by atoms with Crippen molar-refractivity contribution in [3.8, 4) is 16.9 Å². The molecule has 0 atom stereocenters. The van der Waals surface area contributed by atoms with E-state index < -0.39 is 0 Å². The summed E-state index contributed by atoms with van der Waals surface area (Å²) in [5.74, 6) is 0.134. The van der Waals surface area contributed by atoms with Gasteiger partial charge in [-0.2, -0.15) is 0 Å². The van der Waals surface area contributed by atoms with Gasteiger partial charge < -0.3 is 10.1 Å². The summed E-state index contributed by atoms with van der Waals surface area (Å²) >= 11 is 0. The fraction of sp³-hybridized carbons (Fsp3) is 0.250. The summed E-state index contributed by atoms with van der Waals surface area (Å²) in [7, 11) is 0. The van der Waals surface area contributed by atoms with E-state index >= 15 is 0 Å². The third-order valence-corrected chi connectivity index (χ3v) is 4.77. The molecule has 4 rings (SSSR count). The molecule has 4 nitrogen and oxygen atoms in total. The highest BCUT2D eigenvalue weighted by molar-refractivity contribution is 5.99. The second-order valence-electron chi connectivity index (χ2n) is 6.41. The van der Waals surface area contributed by atoms with Crippen LogP contribution in [-0.4, -0.2) is 28.1 Å². The number of aromatic amines is 1. The monoisotopic (exact) mass is 320 g/mol. The molecule has 1 aromatic heterocycles. The molecule has 0 spiro atoms. The zero-order chi connectivity index (χ0) is 16.5. The van der Waals surface area contributed by atoms with Crippen molar-refractivity contribution < 1.29 is 5.11 Å². The van der Waals surface area contributed by atoms with Crippen LogP contribution in [0.5, 0.6) is 5.75 Å². The number of rotatable bonds is 3. The van der Waals surface area contributed by atoms with E-state index in [2.05, 4.69) is 34.1 Å². The quantitative estimate of drug-likeness (QED) is 0.776. The van der Waals surface area contributed by atoms with Gasteiger partial charge >= 0.3 is 0 Å². The van der Waals surface area contributed by atoms with E-state index in [0.29, 0.717) is 10.8 Å². The molecule has 0 unspecified atom stereocenters. The van der Waals surface area contributed by atoms with E-state index in [0.717, 1.165) is 17.7 Å². The fourth-order valence-corrected chi connectivity index (χ4v) is 3.52. The Kier molecular flexibility index (Phi) is 3.82. The second-order valence-corrected chi connectivity index (χ2v) is 6.41. The van der Waals surface area contributed by atoms with E-state index in [-0.39, 0.29) is 11.3 Å². The smallest absolute Gasteiger partial charge is 0.255 e. The zero-order valence-electron chi connectivity index (χ0n) is 13.5. The first kappa shape index (κ1) is 15.0. The number of nitrogens with one attached hydrogen (secondary N) is 1. The molecule has 2 N–H and O–H groups in total. The maximum Gasteiger partial charge on any atom is 0.255 e. The molecule has 1 aliphatic heterocycles. The summed E-state index contributed by atoms with van der Waals surface area (Å²) in [6.45, 7) is 3.35. The lowest BCUT2D eigenvalue weighted by atomic mass is 9.99. The summed E-state index contributed by atoms with van der Waals surface area (Å²) in [6, 6.07) is 13.4. The summed E-state index contributed by atoms with van der Waals surface area (Å²) in [6.07, 6.45) is 4.27. The van der Waals surface area contributed by atoms with Gasteiger partial charge in [-0.3, -0.25) is 9.69 Å². The Morgan fingerprint density at radius 3 is 2.54 bits per heavy atom. The van der Waals surface area contributed by atoms with Crippen LogP contribution in [0.3, 0.4) is 0 Å². The number of hydrogen-bond donors (Lipinski definition) is 2. The van der Waals surface area contributed by atoms with Crippen molar-refractivity contribution in [2.75, 3.05) is 13.1 Å². The van der Waals surface area contributed by atoms with Crippen LogP contribution in [0.15, 0.2) is 53.5 Å². The summed E-state index contributed by atoms with van der Waals surface area (Å²) in [5, 5.41) is 11.3. The van der Waals surface area contributed by atoms with Crippen LogP contribution < -0.4 is 5.56 Å². The van der Waals surface area contributed by atoms with Crippen LogP contribution in [-0.2, 0) is 6.54 Å². The number of phenolic OH excluding ortho intramolecular Hbond substituents is 1. The van der Waals surface area contributed by atoms with Crippen molar-refractivity contribution in [2.24, 2.45) is 0 Å². The maximum absolute atomic E-state index is 12.0. The standard InChI is InChI=1S/C20H20N2O2/c23-18-5-3-4-16-19(18)17(12-21-20(16)24)15-8-6-14(7-9-15)13-22-10-1-2-11-22/h3-9,12,23H,1-2,10-11,13H2,(H,21,24). The van der Waals surface area contributed by atoms with Gasteiger partial charge in [0.05, 0.1) is 5.39 Å². The number of benzene rings is 2. The molecule has 4 heteroatoms. The SMILES string of the molecule is O=c1[nH]cc(-c2ccc(CN3CCCC3)cc2)c2c(O)cccc12. The number of phenols is 1. The van der Waals surface area contributed by atoms with Gasteiger partial charge in [-0.05, 0) is 49.2 Å². The largest absolute Gasteiger partial charge is 0.507 e. The first-order chi connectivity index (χ1) is 11.7. The van der Waals surface area contributed by atoms with Gasteiger partial charge in [0.15, 0.2) is 0 Å². The van der Waals surface area contributed by atoms with Crippen molar-refractivity contribution in [2.45, 2.75) is 19.4 Å². The van der Waals surface area contributed by atoms with Crippen molar-refractivity contribution in [1.82, 2.24) is 9.88 Å². The number of nitrogens with zero attached hydrogens (tertiary/aromatic N) is 1. The highest BCUT2D eigenvalue weighted by atomic mass is 16.3. The molecule has 0 radical (unpaired) electrons. The Labute approximate surface area is 140 Å². The van der Waals surface area contributed by atoms with E-state index in [1.54, 1.807) is 24.4 Å². The normalized spacial score (nSPS) is 15.2. The lowest BCUT2D eigenvalue weighted by molar-refractivity contribution is 0.331. The van der Waals surface area contributed by atoms with Gasteiger partial charge in [-0.25, -0.2) is 0 Å². The third-order valence-electron chi connectivity index (χ3n) is 4.77. The Balaban J connectivity index is 1.72. The fourth-order valence-electron chi connectivity index (χ4n) is 3.52. The van der Waals surface area contributed by atoms with E-state index in [4.69, 9.17) is 0 Å². The Morgan fingerprint density at radius 1 is 1.04 bits per heavy atom. The lowest BCUT2D eigenvalue weighted by Crippen LogP contribution is -2.18. The second kappa shape index (κ2) is 6.13. The highest BCUT2D eigenvalue weighted by Gasteiger charge is 2.13. The minimum Gasteiger partial charge on any atom is -0.507 e. The molecule has 24 heavy (non-hydrogen) atoms. The molecule has 2 heterocycles. The maximum atomic E-state index is 12.0. The Morgan fingerprint density at radius 2 is 1.79 bits per heavy atom. The van der Waals surface area contributed by atoms with Crippen LogP contribution in [0.1, 0.15) is 18.4 Å². The molecule has 3 aromatic rings. The molecule has 0 amide bonds. The van der Waals surface area contributed by atoms with Gasteiger partial charge in [0.2, 0.25) is 0 Å². The molecule has 0 aliphatic carbocycles. The molecular formula is C20H20N2O2. The van der Waals surface area contributed by atoms with Crippen molar-refractivity contribution in [1.29, 1.82) is 0 Å². The van der Waals surface area contributed by atoms with Crippen molar-refractivity contribution >= 4 is 10.8 Å². The summed E-state index contributed by atoms with van der Waals surface area (Å²) in [4.78, 5) is 17.2. The Hall–Kier alpha value is -2.59. The first-order valence-corrected chi connectivity index (χ1v) is 8.37. The van der Waals surface area contributed by atoms with Gasteiger partial charge in [-0.1, -0.05) is 30.3 Å². The molecule has 122 valence electrons. The number of aromatic nitrogens is 1. The third kappa shape index (κ3) is 2.69. The Bertz CT molecular complexity index is 923. The zero-order valence-corrected chi connectivity index (χ0v) is 13.5. The van der Waals surface area contributed by atoms with Crippen LogP contribution >= 0.6 is 0 Å². The first-order valence-electron chi connectivity index (χ1n) is 8.37. The van der Waals surface area contributed by atoms with Crippen molar-refractivity contribution in [3.05, 3.63) is 64.6 Å². The predicted molar refractivity (Wildman–Crippen MR) is 96.2 cm³/mol. The molecule has 1 aliphatic rings. The lowest BCUT2D eigenvalue weighted by Gasteiger charge is -2.15. The molecule has 0 bridgehead atoms. The van der Waals surface area contributed by atoms with E-state index in [9.17, 15) is 9.90 Å². The average Bonchev–Trinajstić information content (AvgIpc) is 3.10. The number of H-pyrrole nitrogens is 1. The molecule has 2 aromatic carbocycles. The minimum atomic E-state index is -0.185.